The number of hydrogen-bond acceptors (Lipinski definition) is 7. The van der Waals surface area contributed by atoms with Gasteiger partial charge in [0, 0.05) is 39.0 Å². The Balaban J connectivity index is 0.00000162. The van der Waals surface area contributed by atoms with Crippen molar-refractivity contribution in [3.8, 4) is 28.1 Å². The average molecular weight is 615 g/mol. The molecule has 3 aromatic heterocycles. The molecule has 4 heterocycles. The Labute approximate surface area is 223 Å². The Morgan fingerprint density at radius 1 is 1.00 bits per heavy atom. The number of phenolic OH excluding ortho intramolecular Hbond substituents is 1. The van der Waals surface area contributed by atoms with Crippen molar-refractivity contribution >= 4 is 56.7 Å². The number of hydrogen-bond donors (Lipinski definition) is 3. The summed E-state index contributed by atoms with van der Waals surface area (Å²) in [5, 5.41) is 39.1. The molecular formula is C22H27Br2ClN8O. The number of nitrogens with one attached hydrogen (secondary N) is 2. The Bertz CT molecular complexity index is 1290. The number of fused-ring (bicyclic) bond motifs is 1. The van der Waals surface area contributed by atoms with E-state index in [9.17, 15) is 5.11 Å². The van der Waals surface area contributed by atoms with Gasteiger partial charge in [0.05, 0.1) is 17.9 Å². The monoisotopic (exact) mass is 612 g/mol. The zero-order valence-electron chi connectivity index (χ0n) is 19.2. The van der Waals surface area contributed by atoms with Crippen LogP contribution in [-0.2, 0) is 0 Å². The molecule has 4 aromatic rings. The number of aromatic amines is 1. The molecule has 5 rings (SSSR count). The Morgan fingerprint density at radius 2 is 1.71 bits per heavy atom. The largest absolute Gasteiger partial charge is 0.507 e. The first kappa shape index (κ1) is 26.5. The molecule has 182 valence electrons. The first-order chi connectivity index (χ1) is 15.1. The predicted molar refractivity (Wildman–Crippen MR) is 143 cm³/mol. The van der Waals surface area contributed by atoms with Gasteiger partial charge in [-0.25, -0.2) is 4.68 Å². The van der Waals surface area contributed by atoms with Gasteiger partial charge in [0.15, 0.2) is 0 Å². The molecule has 1 fully saturated rings. The van der Waals surface area contributed by atoms with Crippen molar-refractivity contribution in [2.45, 2.75) is 57.7 Å². The van der Waals surface area contributed by atoms with E-state index in [0.717, 1.165) is 18.4 Å². The van der Waals surface area contributed by atoms with Gasteiger partial charge in [-0.05, 0) is 58.7 Å². The minimum absolute atomic E-state index is 0. The highest BCUT2D eigenvalue weighted by atomic mass is 79.9. The number of phenols is 1. The first-order valence-electron chi connectivity index (χ1n) is 10.5. The van der Waals surface area contributed by atoms with Crippen LogP contribution >= 0.6 is 45.6 Å². The molecule has 0 amide bonds. The topological polar surface area (TPSA) is 117 Å². The van der Waals surface area contributed by atoms with Gasteiger partial charge in [0.2, 0.25) is 5.65 Å². The number of benzene rings is 1. The third kappa shape index (κ3) is 4.98. The third-order valence-electron chi connectivity index (χ3n) is 5.91. The number of aromatic nitrogens is 7. The highest BCUT2D eigenvalue weighted by Crippen LogP contribution is 2.39. The molecule has 1 aliphatic rings. The maximum absolute atomic E-state index is 10.7. The standard InChI is InChI=1S/C22H25ClN8O.2BrH/c1-21(2)8-13(9-22(3,4)29-21)31-20-18(27-30-31)7-17(26-28-20)15-5-16(23)14(6-19(15)32)12-10-24-25-11-12;;/h5-7,10-11,13,29,32H,8-9H2,1-4H3,(H,24,25);2*1H. The third-order valence-corrected chi connectivity index (χ3v) is 6.22. The maximum Gasteiger partial charge on any atom is 0.201 e. The molecule has 3 N–H and O–H groups in total. The quantitative estimate of drug-likeness (QED) is 0.288. The van der Waals surface area contributed by atoms with Crippen molar-refractivity contribution in [1.82, 2.24) is 40.7 Å². The van der Waals surface area contributed by atoms with Crippen molar-refractivity contribution in [1.29, 1.82) is 0 Å². The second-order valence-corrected chi connectivity index (χ2v) is 10.2. The summed E-state index contributed by atoms with van der Waals surface area (Å²) in [4.78, 5) is 0. The normalized spacial score (nSPS) is 17.2. The fourth-order valence-electron chi connectivity index (χ4n) is 4.96. The lowest BCUT2D eigenvalue weighted by Crippen LogP contribution is -2.58. The zero-order valence-corrected chi connectivity index (χ0v) is 23.4. The van der Waals surface area contributed by atoms with Gasteiger partial charge in [0.1, 0.15) is 11.3 Å². The van der Waals surface area contributed by atoms with Crippen LogP contribution in [0.1, 0.15) is 46.6 Å². The van der Waals surface area contributed by atoms with Gasteiger partial charge in [-0.15, -0.1) is 49.3 Å². The fourth-order valence-corrected chi connectivity index (χ4v) is 5.23. The van der Waals surface area contributed by atoms with Crippen LogP contribution in [-0.4, -0.2) is 51.6 Å². The smallest absolute Gasteiger partial charge is 0.201 e. The van der Waals surface area contributed by atoms with Crippen molar-refractivity contribution in [2.24, 2.45) is 0 Å². The summed E-state index contributed by atoms with van der Waals surface area (Å²) in [5.41, 5.74) is 3.62. The molecule has 0 aliphatic carbocycles. The SMILES string of the molecule is Br.Br.CC1(C)CC(n2nnc3cc(-c4cc(Cl)c(-c5cn[nH]c5)cc4O)nnc32)CC(C)(C)N1. The van der Waals surface area contributed by atoms with Crippen LogP contribution in [0.15, 0.2) is 30.6 Å². The lowest BCUT2D eigenvalue weighted by molar-refractivity contribution is 0.127. The molecule has 0 atom stereocenters. The highest BCUT2D eigenvalue weighted by molar-refractivity contribution is 8.93. The van der Waals surface area contributed by atoms with Gasteiger partial charge in [-0.2, -0.15) is 5.10 Å². The van der Waals surface area contributed by atoms with E-state index in [4.69, 9.17) is 11.6 Å². The summed E-state index contributed by atoms with van der Waals surface area (Å²) < 4.78 is 1.88. The van der Waals surface area contributed by atoms with Crippen LogP contribution in [0, 0.1) is 0 Å². The van der Waals surface area contributed by atoms with Crippen LogP contribution in [0.25, 0.3) is 33.5 Å². The van der Waals surface area contributed by atoms with E-state index in [1.807, 2.05) is 4.68 Å². The van der Waals surface area contributed by atoms with Crippen LogP contribution in [0.5, 0.6) is 5.75 Å². The zero-order chi connectivity index (χ0) is 22.7. The molecular weight excluding hydrogens is 588 g/mol. The highest BCUT2D eigenvalue weighted by Gasteiger charge is 2.39. The number of rotatable bonds is 3. The Hall–Kier alpha value is -2.08. The average Bonchev–Trinajstić information content (AvgIpc) is 3.36. The number of aromatic hydroxyl groups is 1. The van der Waals surface area contributed by atoms with Gasteiger partial charge in [-0.3, -0.25) is 5.10 Å². The number of H-pyrrole nitrogens is 1. The van der Waals surface area contributed by atoms with Crippen molar-refractivity contribution in [3.63, 3.8) is 0 Å². The van der Waals surface area contributed by atoms with Gasteiger partial charge in [-0.1, -0.05) is 16.8 Å². The van der Waals surface area contributed by atoms with E-state index in [1.165, 1.54) is 0 Å². The lowest BCUT2D eigenvalue weighted by Gasteiger charge is -2.46. The maximum atomic E-state index is 10.7. The summed E-state index contributed by atoms with van der Waals surface area (Å²) in [5.74, 6) is 0.0495. The fraction of sp³-hybridized carbons (Fsp3) is 0.409. The van der Waals surface area contributed by atoms with Crippen molar-refractivity contribution in [2.75, 3.05) is 0 Å². The van der Waals surface area contributed by atoms with E-state index >= 15 is 0 Å². The summed E-state index contributed by atoms with van der Waals surface area (Å²) in [6, 6.07) is 5.22. The number of halogens is 3. The molecule has 1 aliphatic heterocycles. The summed E-state index contributed by atoms with van der Waals surface area (Å²) >= 11 is 6.48. The van der Waals surface area contributed by atoms with Crippen LogP contribution in [0.2, 0.25) is 5.02 Å². The van der Waals surface area contributed by atoms with E-state index in [1.54, 1.807) is 30.6 Å². The molecule has 12 heteroatoms. The Morgan fingerprint density at radius 3 is 2.35 bits per heavy atom. The lowest BCUT2D eigenvalue weighted by atomic mass is 9.80. The minimum atomic E-state index is -0.0304. The molecule has 9 nitrogen and oxygen atoms in total. The van der Waals surface area contributed by atoms with E-state index in [0.29, 0.717) is 33.0 Å². The summed E-state index contributed by atoms with van der Waals surface area (Å²) in [6.45, 7) is 8.79. The molecule has 0 spiro atoms. The van der Waals surface area contributed by atoms with Crippen LogP contribution in [0.3, 0.4) is 0 Å². The Kier molecular flexibility index (Phi) is 7.43. The molecule has 0 radical (unpaired) electrons. The second-order valence-electron chi connectivity index (χ2n) is 9.76. The van der Waals surface area contributed by atoms with Gasteiger partial charge in [0.25, 0.3) is 0 Å². The second kappa shape index (κ2) is 9.52. The first-order valence-corrected chi connectivity index (χ1v) is 10.9. The molecule has 1 aromatic carbocycles. The van der Waals surface area contributed by atoms with Crippen LogP contribution in [0.4, 0.5) is 0 Å². The number of piperidine rings is 1. The molecule has 0 bridgehead atoms. The van der Waals surface area contributed by atoms with Gasteiger partial charge >= 0.3 is 0 Å². The van der Waals surface area contributed by atoms with E-state index in [2.05, 4.69) is 63.7 Å². The minimum Gasteiger partial charge on any atom is -0.507 e. The summed E-state index contributed by atoms with van der Waals surface area (Å²) in [6.07, 6.45) is 5.18. The van der Waals surface area contributed by atoms with Gasteiger partial charge < -0.3 is 10.4 Å². The molecule has 1 saturated heterocycles. The summed E-state index contributed by atoms with van der Waals surface area (Å²) in [7, 11) is 0. The van der Waals surface area contributed by atoms with Crippen molar-refractivity contribution in [3.05, 3.63) is 35.6 Å². The van der Waals surface area contributed by atoms with E-state index in [-0.39, 0.29) is 56.8 Å². The van der Waals surface area contributed by atoms with Crippen molar-refractivity contribution < 1.29 is 5.11 Å². The number of nitrogens with zero attached hydrogens (tertiary/aromatic N) is 6. The van der Waals surface area contributed by atoms with E-state index < -0.39 is 0 Å². The molecule has 34 heavy (non-hydrogen) atoms. The predicted octanol–water partition coefficient (Wildman–Crippen LogP) is 5.27. The molecule has 0 saturated carbocycles. The van der Waals surface area contributed by atoms with Crippen LogP contribution < -0.4 is 5.32 Å². The molecule has 0 unspecified atom stereocenters.